The fourth-order valence-electron chi connectivity index (χ4n) is 2.59. The number of nitrogens with zero attached hydrogens (tertiary/aromatic N) is 2. The zero-order chi connectivity index (χ0) is 17.8. The molecule has 3 aromatic rings. The highest BCUT2D eigenvalue weighted by atomic mass is 32.1. The van der Waals surface area contributed by atoms with Crippen LogP contribution >= 0.6 is 11.3 Å². The van der Waals surface area contributed by atoms with Gasteiger partial charge in [0.25, 0.3) is 5.56 Å². The highest BCUT2D eigenvalue weighted by Crippen LogP contribution is 2.21. The van der Waals surface area contributed by atoms with E-state index >= 15 is 0 Å². The number of aliphatic hydroxyl groups excluding tert-OH is 1. The third kappa shape index (κ3) is 4.01. The first-order valence-electron chi connectivity index (χ1n) is 8.09. The van der Waals surface area contributed by atoms with Crippen molar-refractivity contribution in [3.05, 3.63) is 69.1 Å². The lowest BCUT2D eigenvalue weighted by Gasteiger charge is -2.21. The maximum absolute atomic E-state index is 12.3. The lowest BCUT2D eigenvalue weighted by molar-refractivity contribution is 0.120. The van der Waals surface area contributed by atoms with Gasteiger partial charge in [-0.25, -0.2) is 9.97 Å². The third-order valence-electron chi connectivity index (χ3n) is 3.91. The van der Waals surface area contributed by atoms with Crippen LogP contribution in [-0.4, -0.2) is 20.1 Å². The summed E-state index contributed by atoms with van der Waals surface area (Å²) in [4.78, 5) is 23.6. The molecule has 2 atom stereocenters. The fraction of sp³-hybridized carbons (Fsp3) is 0.278. The summed E-state index contributed by atoms with van der Waals surface area (Å²) in [5.41, 5.74) is 1.75. The second-order valence-corrected chi connectivity index (χ2v) is 6.61. The highest BCUT2D eigenvalue weighted by Gasteiger charge is 2.18. The van der Waals surface area contributed by atoms with Crippen LogP contribution in [0.3, 0.4) is 0 Å². The summed E-state index contributed by atoms with van der Waals surface area (Å²) in [6.45, 7) is 3.91. The van der Waals surface area contributed by atoms with Crippen molar-refractivity contribution in [2.75, 3.05) is 0 Å². The highest BCUT2D eigenvalue weighted by molar-refractivity contribution is 7.13. The largest absolute Gasteiger partial charge is 0.374 e. The molecular weight excluding hydrogens is 336 g/mol. The van der Waals surface area contributed by atoms with E-state index < -0.39 is 6.23 Å². The van der Waals surface area contributed by atoms with E-state index in [0.717, 1.165) is 17.7 Å². The summed E-state index contributed by atoms with van der Waals surface area (Å²) >= 11 is 1.42. The van der Waals surface area contributed by atoms with Crippen LogP contribution in [-0.2, 0) is 0 Å². The first-order chi connectivity index (χ1) is 12.1. The van der Waals surface area contributed by atoms with Gasteiger partial charge in [0.15, 0.2) is 10.8 Å². The van der Waals surface area contributed by atoms with Crippen LogP contribution < -0.4 is 10.9 Å². The van der Waals surface area contributed by atoms with Gasteiger partial charge in [-0.1, -0.05) is 37.3 Å². The normalized spacial score (nSPS) is 13.6. The van der Waals surface area contributed by atoms with Crippen LogP contribution in [0.1, 0.15) is 42.4 Å². The number of aliphatic hydroxyl groups is 1. The molecule has 6 nitrogen and oxygen atoms in total. The summed E-state index contributed by atoms with van der Waals surface area (Å²) in [7, 11) is 0. The molecule has 1 aromatic carbocycles. The molecule has 0 saturated carbocycles. The number of rotatable bonds is 6. The predicted molar refractivity (Wildman–Crippen MR) is 98.3 cm³/mol. The quantitative estimate of drug-likeness (QED) is 0.591. The van der Waals surface area contributed by atoms with Gasteiger partial charge < -0.3 is 10.1 Å². The third-order valence-corrected chi connectivity index (χ3v) is 4.88. The predicted octanol–water partition coefficient (Wildman–Crippen LogP) is 2.93. The molecule has 0 fully saturated rings. The summed E-state index contributed by atoms with van der Waals surface area (Å²) in [6.07, 6.45) is 1.08. The van der Waals surface area contributed by atoms with Crippen LogP contribution in [0.5, 0.6) is 0 Å². The molecule has 7 heteroatoms. The lowest BCUT2D eigenvalue weighted by atomic mass is 10.0. The monoisotopic (exact) mass is 356 g/mol. The smallest absolute Gasteiger partial charge is 0.258 e. The molecule has 2 heterocycles. The molecule has 0 aliphatic rings. The topological polar surface area (TPSA) is 90.9 Å². The van der Waals surface area contributed by atoms with Crippen molar-refractivity contribution < 1.29 is 5.11 Å². The Bertz CT molecular complexity index is 891. The molecule has 0 aliphatic carbocycles. The number of aromatic amines is 1. The minimum atomic E-state index is -1.10. The Morgan fingerprint density at radius 3 is 2.68 bits per heavy atom. The van der Waals surface area contributed by atoms with Crippen LogP contribution in [0.4, 0.5) is 0 Å². The van der Waals surface area contributed by atoms with Gasteiger partial charge in [0.05, 0.1) is 5.56 Å². The van der Waals surface area contributed by atoms with Crippen molar-refractivity contribution in [1.82, 2.24) is 20.3 Å². The Morgan fingerprint density at radius 2 is 2.08 bits per heavy atom. The van der Waals surface area contributed by atoms with E-state index in [4.69, 9.17) is 0 Å². The Morgan fingerprint density at radius 1 is 1.32 bits per heavy atom. The molecule has 0 radical (unpaired) electrons. The number of aromatic nitrogens is 3. The van der Waals surface area contributed by atoms with Gasteiger partial charge in [-0.15, -0.1) is 11.3 Å². The Kier molecular flexibility index (Phi) is 5.37. The summed E-state index contributed by atoms with van der Waals surface area (Å²) in [5, 5.41) is 16.1. The van der Waals surface area contributed by atoms with E-state index in [2.05, 4.69) is 20.3 Å². The maximum atomic E-state index is 12.3. The van der Waals surface area contributed by atoms with E-state index in [-0.39, 0.29) is 17.2 Å². The standard InChI is InChI=1S/C18H20N4O2S/c1-3-14(12-7-5-4-6-8-12)21-16(23)13-9-19-15(22-17(13)24)18-20-11(2)10-25-18/h4-10,14,16,21,23H,3H2,1-2H3,(H,19,22,24)/t14-,16?/m0/s1. The average molecular weight is 356 g/mol. The Hall–Kier alpha value is -2.35. The molecule has 0 amide bonds. The van der Waals surface area contributed by atoms with Crippen LogP contribution in [0.2, 0.25) is 0 Å². The van der Waals surface area contributed by atoms with E-state index in [9.17, 15) is 9.90 Å². The fourth-order valence-corrected chi connectivity index (χ4v) is 3.33. The molecular formula is C18H20N4O2S. The molecule has 25 heavy (non-hydrogen) atoms. The molecule has 0 bridgehead atoms. The Balaban J connectivity index is 1.80. The van der Waals surface area contributed by atoms with Crippen molar-refractivity contribution >= 4 is 11.3 Å². The molecule has 130 valence electrons. The SMILES string of the molecule is CC[C@H](NC(O)c1cnc(-c2nc(C)cs2)[nH]c1=O)c1ccccc1. The van der Waals surface area contributed by atoms with E-state index in [1.54, 1.807) is 0 Å². The number of benzene rings is 1. The number of aryl methyl sites for hydroxylation is 1. The molecule has 0 saturated heterocycles. The van der Waals surface area contributed by atoms with Gasteiger partial charge in [-0.3, -0.25) is 10.1 Å². The summed E-state index contributed by atoms with van der Waals surface area (Å²) < 4.78 is 0. The van der Waals surface area contributed by atoms with Crippen LogP contribution in [0.25, 0.3) is 10.8 Å². The minimum Gasteiger partial charge on any atom is -0.374 e. The van der Waals surface area contributed by atoms with Gasteiger partial charge in [0.2, 0.25) is 0 Å². The number of thiazole rings is 1. The minimum absolute atomic E-state index is 0.0584. The zero-order valence-corrected chi connectivity index (χ0v) is 14.9. The summed E-state index contributed by atoms with van der Waals surface area (Å²) in [5.74, 6) is 0.411. The number of hydrogen-bond donors (Lipinski definition) is 3. The number of hydrogen-bond acceptors (Lipinski definition) is 6. The first-order valence-corrected chi connectivity index (χ1v) is 8.97. The summed E-state index contributed by atoms with van der Waals surface area (Å²) in [6, 6.07) is 9.77. The molecule has 0 spiro atoms. The number of nitrogens with one attached hydrogen (secondary N) is 2. The lowest BCUT2D eigenvalue weighted by Crippen LogP contribution is -2.30. The van der Waals surface area contributed by atoms with Crippen molar-refractivity contribution in [2.24, 2.45) is 0 Å². The second-order valence-electron chi connectivity index (χ2n) is 5.75. The first kappa shape index (κ1) is 17.5. The van der Waals surface area contributed by atoms with Gasteiger partial charge in [0.1, 0.15) is 6.23 Å². The van der Waals surface area contributed by atoms with Crippen molar-refractivity contribution in [3.8, 4) is 10.8 Å². The van der Waals surface area contributed by atoms with Gasteiger partial charge in [0, 0.05) is 23.3 Å². The van der Waals surface area contributed by atoms with E-state index in [1.165, 1.54) is 17.5 Å². The van der Waals surface area contributed by atoms with Gasteiger partial charge >= 0.3 is 0 Å². The molecule has 0 aliphatic heterocycles. The van der Waals surface area contributed by atoms with Crippen LogP contribution in [0, 0.1) is 6.92 Å². The van der Waals surface area contributed by atoms with E-state index in [1.807, 2.05) is 49.6 Å². The van der Waals surface area contributed by atoms with Crippen molar-refractivity contribution in [1.29, 1.82) is 0 Å². The van der Waals surface area contributed by atoms with Gasteiger partial charge in [-0.05, 0) is 18.9 Å². The van der Waals surface area contributed by atoms with Gasteiger partial charge in [-0.2, -0.15) is 0 Å². The Labute approximate surface area is 149 Å². The molecule has 3 rings (SSSR count). The molecule has 2 aromatic heterocycles. The molecule has 1 unspecified atom stereocenters. The maximum Gasteiger partial charge on any atom is 0.258 e. The van der Waals surface area contributed by atoms with Crippen LogP contribution in [0.15, 0.2) is 46.7 Å². The molecule has 3 N–H and O–H groups in total. The average Bonchev–Trinajstić information content (AvgIpc) is 3.06. The number of H-pyrrole nitrogens is 1. The zero-order valence-electron chi connectivity index (χ0n) is 14.1. The van der Waals surface area contributed by atoms with E-state index in [0.29, 0.717) is 10.8 Å². The van der Waals surface area contributed by atoms with Crippen molar-refractivity contribution in [3.63, 3.8) is 0 Å². The second kappa shape index (κ2) is 7.69. The van der Waals surface area contributed by atoms with Crippen molar-refractivity contribution in [2.45, 2.75) is 32.5 Å².